The molecule has 100 valence electrons. The third-order valence-electron chi connectivity index (χ3n) is 3.23. The Morgan fingerprint density at radius 1 is 1.61 bits per heavy atom. The number of amides is 1. The van der Waals surface area contributed by atoms with Crippen molar-refractivity contribution in [1.82, 2.24) is 9.88 Å². The quantitative estimate of drug-likeness (QED) is 0.840. The Hall–Kier alpha value is -0.980. The third kappa shape index (κ3) is 2.88. The number of thiazole rings is 1. The summed E-state index contributed by atoms with van der Waals surface area (Å²) in [6.45, 7) is 1.30. The highest BCUT2D eigenvalue weighted by atomic mass is 32.1. The number of hydrogen-bond acceptors (Lipinski definition) is 5. The van der Waals surface area contributed by atoms with Crippen molar-refractivity contribution in [2.24, 2.45) is 5.73 Å². The summed E-state index contributed by atoms with van der Waals surface area (Å²) in [5.41, 5.74) is 5.96. The summed E-state index contributed by atoms with van der Waals surface area (Å²) in [5.74, 6) is -0.0618. The summed E-state index contributed by atoms with van der Waals surface area (Å²) < 4.78 is 0. The van der Waals surface area contributed by atoms with Gasteiger partial charge >= 0.3 is 0 Å². The monoisotopic (exact) mass is 269 g/mol. The molecule has 0 saturated carbocycles. The lowest BCUT2D eigenvalue weighted by atomic mass is 10.0. The predicted molar refractivity (Wildman–Crippen MR) is 70.6 cm³/mol. The van der Waals surface area contributed by atoms with E-state index in [4.69, 9.17) is 5.73 Å². The molecule has 3 N–H and O–H groups in total. The molecular weight excluding hydrogens is 250 g/mol. The Kier molecular flexibility index (Phi) is 4.68. The van der Waals surface area contributed by atoms with E-state index < -0.39 is 0 Å². The minimum Gasteiger partial charge on any atom is -0.394 e. The van der Waals surface area contributed by atoms with Crippen LogP contribution < -0.4 is 5.73 Å². The van der Waals surface area contributed by atoms with Gasteiger partial charge < -0.3 is 15.7 Å². The van der Waals surface area contributed by atoms with Crippen LogP contribution in [-0.4, -0.2) is 46.6 Å². The molecule has 0 aliphatic carbocycles. The fraction of sp³-hybridized carbons (Fsp3) is 0.667. The molecule has 1 unspecified atom stereocenters. The first-order chi connectivity index (χ1) is 8.76. The first-order valence-corrected chi connectivity index (χ1v) is 7.20. The van der Waals surface area contributed by atoms with Crippen molar-refractivity contribution >= 4 is 17.2 Å². The molecule has 2 heterocycles. The SMILES string of the molecule is NCCc1nc(C(=O)N2CCCCC2CO)cs1. The average Bonchev–Trinajstić information content (AvgIpc) is 2.87. The largest absolute Gasteiger partial charge is 0.394 e. The van der Waals surface area contributed by atoms with Crippen molar-refractivity contribution in [2.75, 3.05) is 19.7 Å². The van der Waals surface area contributed by atoms with E-state index in [0.717, 1.165) is 24.3 Å². The average molecular weight is 269 g/mol. The Morgan fingerprint density at radius 2 is 2.44 bits per heavy atom. The lowest BCUT2D eigenvalue weighted by Gasteiger charge is -2.34. The molecule has 1 aromatic rings. The summed E-state index contributed by atoms with van der Waals surface area (Å²) in [5, 5.41) is 12.0. The van der Waals surface area contributed by atoms with Gasteiger partial charge in [0, 0.05) is 18.3 Å². The molecule has 1 aromatic heterocycles. The molecule has 1 aliphatic heterocycles. The van der Waals surface area contributed by atoms with Gasteiger partial charge in [-0.2, -0.15) is 0 Å². The van der Waals surface area contributed by atoms with Crippen molar-refractivity contribution in [3.63, 3.8) is 0 Å². The van der Waals surface area contributed by atoms with Gasteiger partial charge in [0.1, 0.15) is 5.69 Å². The fourth-order valence-corrected chi connectivity index (χ4v) is 3.04. The van der Waals surface area contributed by atoms with E-state index in [9.17, 15) is 9.90 Å². The fourth-order valence-electron chi connectivity index (χ4n) is 2.25. The lowest BCUT2D eigenvalue weighted by molar-refractivity contribution is 0.0498. The molecule has 0 spiro atoms. The first-order valence-electron chi connectivity index (χ1n) is 6.32. The second-order valence-electron chi connectivity index (χ2n) is 4.50. The standard InChI is InChI=1S/C12H19N3O2S/c13-5-4-11-14-10(8-18-11)12(17)15-6-2-1-3-9(15)7-16/h8-9,16H,1-7,13H2. The molecule has 2 rings (SSSR count). The van der Waals surface area contributed by atoms with Gasteiger partial charge in [-0.05, 0) is 25.8 Å². The van der Waals surface area contributed by atoms with Gasteiger partial charge in [-0.15, -0.1) is 11.3 Å². The van der Waals surface area contributed by atoms with Gasteiger partial charge in [0.25, 0.3) is 5.91 Å². The lowest BCUT2D eigenvalue weighted by Crippen LogP contribution is -2.45. The van der Waals surface area contributed by atoms with E-state index in [-0.39, 0.29) is 18.6 Å². The number of nitrogens with zero attached hydrogens (tertiary/aromatic N) is 2. The Balaban J connectivity index is 2.08. The summed E-state index contributed by atoms with van der Waals surface area (Å²) in [4.78, 5) is 18.4. The maximum atomic E-state index is 12.3. The molecular formula is C12H19N3O2S. The zero-order valence-corrected chi connectivity index (χ0v) is 11.2. The highest BCUT2D eigenvalue weighted by Crippen LogP contribution is 2.20. The summed E-state index contributed by atoms with van der Waals surface area (Å²) >= 11 is 1.47. The van der Waals surface area contributed by atoms with Gasteiger partial charge in [-0.3, -0.25) is 4.79 Å². The van der Waals surface area contributed by atoms with Crippen LogP contribution in [0.15, 0.2) is 5.38 Å². The smallest absolute Gasteiger partial charge is 0.273 e. The molecule has 1 saturated heterocycles. The zero-order valence-electron chi connectivity index (χ0n) is 10.3. The van der Waals surface area contributed by atoms with E-state index in [1.807, 2.05) is 0 Å². The van der Waals surface area contributed by atoms with E-state index in [2.05, 4.69) is 4.98 Å². The Morgan fingerprint density at radius 3 is 3.17 bits per heavy atom. The van der Waals surface area contributed by atoms with Crippen LogP contribution in [0.3, 0.4) is 0 Å². The molecule has 1 fully saturated rings. The summed E-state index contributed by atoms with van der Waals surface area (Å²) in [7, 11) is 0. The van der Waals surface area contributed by atoms with Gasteiger partial charge in [0.2, 0.25) is 0 Å². The van der Waals surface area contributed by atoms with Gasteiger partial charge in [-0.25, -0.2) is 4.98 Å². The van der Waals surface area contributed by atoms with Crippen LogP contribution in [0.25, 0.3) is 0 Å². The number of aliphatic hydroxyl groups is 1. The molecule has 1 atom stereocenters. The first kappa shape index (κ1) is 13.5. The number of hydrogen-bond donors (Lipinski definition) is 2. The maximum absolute atomic E-state index is 12.3. The number of aliphatic hydroxyl groups excluding tert-OH is 1. The number of piperidine rings is 1. The van der Waals surface area contributed by atoms with Crippen molar-refractivity contribution < 1.29 is 9.90 Å². The topological polar surface area (TPSA) is 79.5 Å². The van der Waals surface area contributed by atoms with E-state index in [0.29, 0.717) is 25.2 Å². The molecule has 0 aromatic carbocycles. The Labute approximate surface area is 111 Å². The van der Waals surface area contributed by atoms with Crippen LogP contribution in [0.1, 0.15) is 34.8 Å². The minimum absolute atomic E-state index is 0.0333. The number of likely N-dealkylation sites (tertiary alicyclic amines) is 1. The molecule has 1 aliphatic rings. The second kappa shape index (κ2) is 6.26. The van der Waals surface area contributed by atoms with Crippen LogP contribution in [-0.2, 0) is 6.42 Å². The summed E-state index contributed by atoms with van der Waals surface area (Å²) in [6.07, 6.45) is 3.66. The van der Waals surface area contributed by atoms with E-state index in [1.54, 1.807) is 10.3 Å². The zero-order chi connectivity index (χ0) is 13.0. The highest BCUT2D eigenvalue weighted by Gasteiger charge is 2.28. The highest BCUT2D eigenvalue weighted by molar-refractivity contribution is 7.09. The minimum atomic E-state index is -0.0618. The molecule has 6 heteroatoms. The number of nitrogens with two attached hydrogens (primary N) is 1. The van der Waals surface area contributed by atoms with E-state index in [1.165, 1.54) is 11.3 Å². The maximum Gasteiger partial charge on any atom is 0.273 e. The van der Waals surface area contributed by atoms with Crippen molar-refractivity contribution in [3.05, 3.63) is 16.1 Å². The second-order valence-corrected chi connectivity index (χ2v) is 5.44. The molecule has 18 heavy (non-hydrogen) atoms. The Bertz CT molecular complexity index is 408. The molecule has 0 bridgehead atoms. The number of aromatic nitrogens is 1. The van der Waals surface area contributed by atoms with E-state index >= 15 is 0 Å². The summed E-state index contributed by atoms with van der Waals surface area (Å²) in [6, 6.07) is -0.0501. The normalized spacial score (nSPS) is 20.1. The van der Waals surface area contributed by atoms with Crippen molar-refractivity contribution in [3.8, 4) is 0 Å². The molecule has 5 nitrogen and oxygen atoms in total. The van der Waals surface area contributed by atoms with Crippen LogP contribution in [0.4, 0.5) is 0 Å². The van der Waals surface area contributed by atoms with Crippen LogP contribution in [0.5, 0.6) is 0 Å². The number of carbonyl (C=O) groups excluding carboxylic acids is 1. The van der Waals surface area contributed by atoms with Gasteiger partial charge in [0.05, 0.1) is 17.7 Å². The van der Waals surface area contributed by atoms with Crippen LogP contribution in [0.2, 0.25) is 0 Å². The van der Waals surface area contributed by atoms with Crippen LogP contribution in [0, 0.1) is 0 Å². The van der Waals surface area contributed by atoms with Crippen LogP contribution >= 0.6 is 11.3 Å². The van der Waals surface area contributed by atoms with Crippen molar-refractivity contribution in [2.45, 2.75) is 31.7 Å². The molecule has 1 amide bonds. The number of rotatable bonds is 4. The van der Waals surface area contributed by atoms with Gasteiger partial charge in [0.15, 0.2) is 0 Å². The molecule has 0 radical (unpaired) electrons. The number of carbonyl (C=O) groups is 1. The van der Waals surface area contributed by atoms with Gasteiger partial charge in [-0.1, -0.05) is 0 Å². The van der Waals surface area contributed by atoms with Crippen molar-refractivity contribution in [1.29, 1.82) is 0 Å². The predicted octanol–water partition coefficient (Wildman–Crippen LogP) is 0.631. The third-order valence-corrected chi connectivity index (χ3v) is 4.14.